The van der Waals surface area contributed by atoms with E-state index in [4.69, 9.17) is 4.52 Å². The van der Waals surface area contributed by atoms with Crippen molar-refractivity contribution in [3.8, 4) is 0 Å². The largest absolute Gasteiger partial charge is 0.355 e. The maximum absolute atomic E-state index is 13.9. The van der Waals surface area contributed by atoms with Crippen LogP contribution in [0.2, 0.25) is 0 Å². The molecular weight excluding hydrogens is 495 g/mol. The van der Waals surface area contributed by atoms with Gasteiger partial charge in [-0.05, 0) is 74.7 Å². The molecule has 2 heterocycles. The number of benzene rings is 2. The lowest BCUT2D eigenvalue weighted by atomic mass is 9.97. The molecule has 0 radical (unpaired) electrons. The molecule has 2 aromatic carbocycles. The van der Waals surface area contributed by atoms with Crippen LogP contribution in [0.25, 0.3) is 12.2 Å². The van der Waals surface area contributed by atoms with Gasteiger partial charge >= 0.3 is 0 Å². The van der Waals surface area contributed by atoms with Gasteiger partial charge in [-0.2, -0.15) is 4.31 Å². The zero-order valence-electron chi connectivity index (χ0n) is 19.6. The molecule has 36 heavy (non-hydrogen) atoms. The fourth-order valence-electron chi connectivity index (χ4n) is 4.09. The summed E-state index contributed by atoms with van der Waals surface area (Å²) in [4.78, 5) is 12.6. The Kier molecular flexibility index (Phi) is 7.32. The zero-order chi connectivity index (χ0) is 26.0. The van der Waals surface area contributed by atoms with Gasteiger partial charge in [-0.1, -0.05) is 5.16 Å². The first kappa shape index (κ1) is 25.6. The summed E-state index contributed by atoms with van der Waals surface area (Å²) in [6.45, 7) is 3.37. The summed E-state index contributed by atoms with van der Waals surface area (Å²) in [5.74, 6) is -2.68. The van der Waals surface area contributed by atoms with Crippen LogP contribution in [0, 0.1) is 37.2 Å². The topological polar surface area (TPSA) is 92.5 Å². The normalized spacial score (nSPS) is 15.5. The highest BCUT2D eigenvalue weighted by atomic mass is 32.2. The highest BCUT2D eigenvalue weighted by molar-refractivity contribution is 7.89. The molecule has 0 atom stereocenters. The lowest BCUT2D eigenvalue weighted by Crippen LogP contribution is -2.41. The van der Waals surface area contributed by atoms with Crippen molar-refractivity contribution in [1.82, 2.24) is 9.46 Å². The molecule has 1 amide bonds. The van der Waals surface area contributed by atoms with Crippen molar-refractivity contribution in [1.29, 1.82) is 0 Å². The summed E-state index contributed by atoms with van der Waals surface area (Å²) in [5, 5.41) is 6.54. The van der Waals surface area contributed by atoms with E-state index >= 15 is 0 Å². The Balaban J connectivity index is 1.46. The first-order valence-electron chi connectivity index (χ1n) is 11.2. The monoisotopic (exact) mass is 519 g/mol. The first-order chi connectivity index (χ1) is 17.1. The average molecular weight is 520 g/mol. The fraction of sp³-hybridized carbons (Fsp3) is 0.280. The lowest BCUT2D eigenvalue weighted by Gasteiger charge is -2.30. The predicted molar refractivity (Wildman–Crippen MR) is 128 cm³/mol. The summed E-state index contributed by atoms with van der Waals surface area (Å²) in [5.41, 5.74) is 1.29. The highest BCUT2D eigenvalue weighted by Crippen LogP contribution is 2.30. The molecule has 1 aliphatic heterocycles. The number of aromatic nitrogens is 1. The lowest BCUT2D eigenvalue weighted by molar-refractivity contribution is -0.120. The Morgan fingerprint density at radius 2 is 1.72 bits per heavy atom. The summed E-state index contributed by atoms with van der Waals surface area (Å²) >= 11 is 0. The number of piperidine rings is 1. The second-order valence-corrected chi connectivity index (χ2v) is 10.5. The van der Waals surface area contributed by atoms with E-state index < -0.39 is 33.4 Å². The van der Waals surface area contributed by atoms with Crippen molar-refractivity contribution in [2.45, 2.75) is 31.6 Å². The summed E-state index contributed by atoms with van der Waals surface area (Å²) in [7, 11) is -4.02. The van der Waals surface area contributed by atoms with Crippen molar-refractivity contribution in [2.24, 2.45) is 5.92 Å². The molecule has 0 spiro atoms. The van der Waals surface area contributed by atoms with E-state index in [-0.39, 0.29) is 40.9 Å². The molecule has 4 rings (SSSR count). The molecule has 7 nitrogen and oxygen atoms in total. The van der Waals surface area contributed by atoms with Gasteiger partial charge in [0.05, 0.1) is 0 Å². The molecule has 0 unspecified atom stereocenters. The number of anilines is 1. The van der Waals surface area contributed by atoms with Gasteiger partial charge in [0.25, 0.3) is 0 Å². The maximum Gasteiger partial charge on any atom is 0.248 e. The van der Waals surface area contributed by atoms with Crippen LogP contribution < -0.4 is 5.32 Å². The van der Waals surface area contributed by atoms with Crippen LogP contribution in [0.15, 0.2) is 45.8 Å². The molecule has 11 heteroatoms. The van der Waals surface area contributed by atoms with Gasteiger partial charge in [0.15, 0.2) is 10.7 Å². The molecule has 1 saturated heterocycles. The van der Waals surface area contributed by atoms with Crippen molar-refractivity contribution in [2.75, 3.05) is 18.4 Å². The number of nitrogens with zero attached hydrogens (tertiary/aromatic N) is 2. The standard InChI is InChI=1S/C25H24F3N3O4S/c1-15-13-19(26)6-7-22(15)29-25(32)18-9-11-31(12-10-18)36(33,34)24-16(2)30-35-23(24)8-4-17-3-5-20(27)14-21(17)28/h3-8,13-14,18H,9-12H2,1-2H3,(H,29,32)/b8-4+. The van der Waals surface area contributed by atoms with E-state index in [1.54, 1.807) is 6.92 Å². The Morgan fingerprint density at radius 3 is 2.39 bits per heavy atom. The van der Waals surface area contributed by atoms with Gasteiger partial charge in [-0.3, -0.25) is 4.79 Å². The fourth-order valence-corrected chi connectivity index (χ4v) is 5.81. The Labute approximate surface area is 206 Å². The van der Waals surface area contributed by atoms with E-state index in [1.165, 1.54) is 47.6 Å². The van der Waals surface area contributed by atoms with Gasteiger partial charge in [-0.25, -0.2) is 21.6 Å². The summed E-state index contributed by atoms with van der Waals surface area (Å²) in [6, 6.07) is 7.11. The molecule has 0 aliphatic carbocycles. The number of rotatable bonds is 6. The third-order valence-electron chi connectivity index (χ3n) is 6.08. The minimum absolute atomic E-state index is 0.0528. The number of amides is 1. The van der Waals surface area contributed by atoms with Crippen LogP contribution in [-0.4, -0.2) is 36.9 Å². The van der Waals surface area contributed by atoms with E-state index in [1.807, 2.05) is 0 Å². The predicted octanol–water partition coefficient (Wildman–Crippen LogP) is 4.92. The van der Waals surface area contributed by atoms with Crippen LogP contribution in [0.4, 0.5) is 18.9 Å². The summed E-state index contributed by atoms with van der Waals surface area (Å²) in [6.07, 6.45) is 3.14. The van der Waals surface area contributed by atoms with Crippen LogP contribution in [0.1, 0.15) is 35.4 Å². The Hall–Kier alpha value is -3.44. The highest BCUT2D eigenvalue weighted by Gasteiger charge is 2.36. The van der Waals surface area contributed by atoms with Crippen LogP contribution in [0.3, 0.4) is 0 Å². The van der Waals surface area contributed by atoms with Crippen molar-refractivity contribution < 1.29 is 30.9 Å². The number of carbonyl (C=O) groups excluding carboxylic acids is 1. The minimum Gasteiger partial charge on any atom is -0.355 e. The third kappa shape index (κ3) is 5.36. The van der Waals surface area contributed by atoms with Crippen LogP contribution >= 0.6 is 0 Å². The second-order valence-electron chi connectivity index (χ2n) is 8.59. The number of hydrogen-bond donors (Lipinski definition) is 1. The molecule has 0 bridgehead atoms. The molecule has 0 saturated carbocycles. The van der Waals surface area contributed by atoms with Gasteiger partial charge in [0, 0.05) is 36.3 Å². The smallest absolute Gasteiger partial charge is 0.248 e. The van der Waals surface area contributed by atoms with E-state index in [9.17, 15) is 26.4 Å². The van der Waals surface area contributed by atoms with Gasteiger partial charge in [0.1, 0.15) is 23.1 Å². The molecule has 1 aromatic heterocycles. The van der Waals surface area contributed by atoms with Crippen molar-refractivity contribution in [3.05, 3.63) is 76.4 Å². The maximum atomic E-state index is 13.9. The van der Waals surface area contributed by atoms with Gasteiger partial charge in [0.2, 0.25) is 15.9 Å². The summed E-state index contributed by atoms with van der Waals surface area (Å²) < 4.78 is 73.6. The first-order valence-corrected chi connectivity index (χ1v) is 12.7. The number of halogens is 3. The molecule has 1 fully saturated rings. The number of aryl methyl sites for hydroxylation is 2. The number of nitrogens with one attached hydrogen (secondary N) is 1. The average Bonchev–Trinajstić information content (AvgIpc) is 3.21. The van der Waals surface area contributed by atoms with Gasteiger partial charge in [-0.15, -0.1) is 0 Å². The third-order valence-corrected chi connectivity index (χ3v) is 8.14. The minimum atomic E-state index is -4.02. The Bertz CT molecular complexity index is 1430. The Morgan fingerprint density at radius 1 is 1.06 bits per heavy atom. The molecule has 1 aliphatic rings. The quantitative estimate of drug-likeness (QED) is 0.499. The van der Waals surface area contributed by atoms with Crippen molar-refractivity contribution in [3.63, 3.8) is 0 Å². The van der Waals surface area contributed by atoms with Crippen LogP contribution in [0.5, 0.6) is 0 Å². The SMILES string of the molecule is Cc1cc(F)ccc1NC(=O)C1CCN(S(=O)(=O)c2c(C)noc2/C=C/c2ccc(F)cc2F)CC1. The number of carbonyl (C=O) groups is 1. The second kappa shape index (κ2) is 10.3. The molecular formula is C25H24F3N3O4S. The van der Waals surface area contributed by atoms with E-state index in [2.05, 4.69) is 10.5 Å². The molecule has 190 valence electrons. The zero-order valence-corrected chi connectivity index (χ0v) is 20.4. The molecule has 1 N–H and O–H groups in total. The van der Waals surface area contributed by atoms with Crippen LogP contribution in [-0.2, 0) is 14.8 Å². The van der Waals surface area contributed by atoms with Crippen molar-refractivity contribution >= 4 is 33.8 Å². The van der Waals surface area contributed by atoms with E-state index in [0.29, 0.717) is 24.1 Å². The molecule has 3 aromatic rings. The number of sulfonamides is 1. The van der Waals surface area contributed by atoms with Gasteiger partial charge < -0.3 is 9.84 Å². The number of hydrogen-bond acceptors (Lipinski definition) is 5. The van der Waals surface area contributed by atoms with E-state index in [0.717, 1.165) is 12.1 Å².